The summed E-state index contributed by atoms with van der Waals surface area (Å²) in [5.41, 5.74) is 2.16. The Hall–Kier alpha value is -2.22. The van der Waals surface area contributed by atoms with E-state index in [9.17, 15) is 5.11 Å². The first kappa shape index (κ1) is 27.3. The zero-order valence-electron chi connectivity index (χ0n) is 23.0. The highest BCUT2D eigenvalue weighted by atomic mass is 79.9. The molecule has 0 saturated heterocycles. The lowest BCUT2D eigenvalue weighted by molar-refractivity contribution is -0.0613. The van der Waals surface area contributed by atoms with Gasteiger partial charge in [-0.3, -0.25) is 0 Å². The number of benzene rings is 3. The van der Waals surface area contributed by atoms with E-state index < -0.39 is 13.9 Å². The maximum absolute atomic E-state index is 11.2. The number of rotatable bonds is 7. The quantitative estimate of drug-likeness (QED) is 0.254. The van der Waals surface area contributed by atoms with E-state index >= 15 is 0 Å². The molecule has 1 aliphatic rings. The Morgan fingerprint density at radius 1 is 1.03 bits per heavy atom. The zero-order chi connectivity index (χ0) is 27.1. The van der Waals surface area contributed by atoms with E-state index in [2.05, 4.69) is 121 Å². The van der Waals surface area contributed by atoms with Crippen LogP contribution in [-0.4, -0.2) is 31.2 Å². The second kappa shape index (κ2) is 10.4. The number of nitrogens with zero attached hydrogens (tertiary/aromatic N) is 1. The van der Waals surface area contributed by atoms with Crippen molar-refractivity contribution < 1.29 is 14.3 Å². The first-order valence-electron chi connectivity index (χ1n) is 13.4. The number of aromatic nitrogens is 1. The zero-order valence-corrected chi connectivity index (χ0v) is 25.6. The molecule has 0 bridgehead atoms. The number of fused-ring (bicyclic) bond motifs is 3. The Morgan fingerprint density at radius 3 is 2.21 bits per heavy atom. The normalized spacial score (nSPS) is 18.9. The van der Waals surface area contributed by atoms with Crippen molar-refractivity contribution in [3.05, 3.63) is 94.6 Å². The third-order valence-corrected chi connectivity index (χ3v) is 13.3. The SMILES string of the molecule is CC(CO[Si](c1ccccc1)(c1ccccc1)C(C)(C)C)Cn1c2c(c3ccc(Br)cc31)C(C)(O)COC2. The van der Waals surface area contributed by atoms with E-state index in [4.69, 9.17) is 9.16 Å². The first-order chi connectivity index (χ1) is 18.0. The Balaban J connectivity index is 1.52. The van der Waals surface area contributed by atoms with Crippen LogP contribution in [0.2, 0.25) is 5.04 Å². The van der Waals surface area contributed by atoms with Gasteiger partial charge in [-0.15, -0.1) is 0 Å². The lowest BCUT2D eigenvalue weighted by Crippen LogP contribution is -2.66. The van der Waals surface area contributed by atoms with E-state index in [-0.39, 0.29) is 11.0 Å². The number of hydrogen-bond donors (Lipinski definition) is 1. The summed E-state index contributed by atoms with van der Waals surface area (Å²) in [5.74, 6) is 0.238. The molecular formula is C32H38BrNO3Si. The highest BCUT2D eigenvalue weighted by Gasteiger charge is 2.50. The summed E-state index contributed by atoms with van der Waals surface area (Å²) in [7, 11) is -2.61. The van der Waals surface area contributed by atoms with Gasteiger partial charge in [-0.05, 0) is 40.4 Å². The summed E-state index contributed by atoms with van der Waals surface area (Å²) >= 11 is 3.66. The van der Waals surface area contributed by atoms with Gasteiger partial charge < -0.3 is 18.8 Å². The minimum Gasteiger partial charge on any atom is -0.407 e. The summed E-state index contributed by atoms with van der Waals surface area (Å²) in [6.45, 7) is 13.3. The summed E-state index contributed by atoms with van der Waals surface area (Å²) < 4.78 is 16.5. The van der Waals surface area contributed by atoms with E-state index in [0.717, 1.165) is 33.2 Å². The molecule has 3 aromatic carbocycles. The average molecular weight is 593 g/mol. The van der Waals surface area contributed by atoms with Gasteiger partial charge in [0.2, 0.25) is 0 Å². The molecule has 0 fully saturated rings. The molecule has 1 aromatic heterocycles. The van der Waals surface area contributed by atoms with Crippen LogP contribution in [0.3, 0.4) is 0 Å². The molecule has 2 unspecified atom stereocenters. The van der Waals surface area contributed by atoms with Crippen LogP contribution >= 0.6 is 15.9 Å². The smallest absolute Gasteiger partial charge is 0.261 e. The fraction of sp³-hybridized carbons (Fsp3) is 0.375. The van der Waals surface area contributed by atoms with Crippen molar-refractivity contribution in [3.63, 3.8) is 0 Å². The second-order valence-electron chi connectivity index (χ2n) is 11.9. The van der Waals surface area contributed by atoms with Crippen molar-refractivity contribution >= 4 is 45.5 Å². The predicted molar refractivity (Wildman–Crippen MR) is 162 cm³/mol. The Kier molecular flexibility index (Phi) is 7.48. The average Bonchev–Trinajstić information content (AvgIpc) is 3.18. The standard InChI is InChI=1S/C32H38BrNO3Si/c1-23(19-34-28-18-24(33)16-17-27(28)30-29(34)21-36-22-32(30,5)35)20-37-38(31(2,3)4,25-12-8-6-9-13-25)26-14-10-7-11-15-26/h6-18,23,35H,19-22H2,1-5H3. The van der Waals surface area contributed by atoms with Crippen LogP contribution < -0.4 is 10.4 Å². The van der Waals surface area contributed by atoms with Gasteiger partial charge in [-0.25, -0.2) is 0 Å². The molecule has 200 valence electrons. The summed E-state index contributed by atoms with van der Waals surface area (Å²) in [5, 5.41) is 14.8. The van der Waals surface area contributed by atoms with Crippen molar-refractivity contribution in [1.82, 2.24) is 4.57 Å². The minimum absolute atomic E-state index is 0.0633. The molecule has 2 atom stereocenters. The Labute approximate surface area is 235 Å². The molecule has 0 amide bonds. The van der Waals surface area contributed by atoms with Crippen molar-refractivity contribution in [1.29, 1.82) is 0 Å². The number of ether oxygens (including phenoxy) is 1. The maximum Gasteiger partial charge on any atom is 0.261 e. The van der Waals surface area contributed by atoms with Crippen LogP contribution in [0.15, 0.2) is 83.3 Å². The molecule has 4 aromatic rings. The molecule has 0 saturated carbocycles. The maximum atomic E-state index is 11.2. The van der Waals surface area contributed by atoms with Crippen LogP contribution in [0.1, 0.15) is 45.9 Å². The molecule has 6 heteroatoms. The number of halogens is 1. The third kappa shape index (κ3) is 4.82. The van der Waals surface area contributed by atoms with E-state index in [1.165, 1.54) is 10.4 Å². The molecule has 38 heavy (non-hydrogen) atoms. The third-order valence-electron chi connectivity index (χ3n) is 7.79. The van der Waals surface area contributed by atoms with Gasteiger partial charge >= 0.3 is 0 Å². The Morgan fingerprint density at radius 2 is 1.63 bits per heavy atom. The first-order valence-corrected chi connectivity index (χ1v) is 16.1. The summed E-state index contributed by atoms with van der Waals surface area (Å²) in [4.78, 5) is 0. The van der Waals surface area contributed by atoms with Gasteiger partial charge in [0.05, 0.1) is 18.9 Å². The monoisotopic (exact) mass is 591 g/mol. The number of hydrogen-bond acceptors (Lipinski definition) is 3. The van der Waals surface area contributed by atoms with Crippen LogP contribution in [0.5, 0.6) is 0 Å². The highest BCUT2D eigenvalue weighted by molar-refractivity contribution is 9.10. The van der Waals surface area contributed by atoms with Gasteiger partial charge in [0.25, 0.3) is 8.32 Å². The molecule has 0 radical (unpaired) electrons. The van der Waals surface area contributed by atoms with Gasteiger partial charge in [0.15, 0.2) is 0 Å². The van der Waals surface area contributed by atoms with Gasteiger partial charge in [0.1, 0.15) is 5.60 Å². The Bertz CT molecular complexity index is 1370. The van der Waals surface area contributed by atoms with Crippen molar-refractivity contribution in [2.24, 2.45) is 5.92 Å². The van der Waals surface area contributed by atoms with E-state index in [1.54, 1.807) is 0 Å². The molecule has 4 nitrogen and oxygen atoms in total. The lowest BCUT2D eigenvalue weighted by atomic mass is 9.92. The summed E-state index contributed by atoms with van der Waals surface area (Å²) in [6, 6.07) is 27.9. The lowest BCUT2D eigenvalue weighted by Gasteiger charge is -2.43. The van der Waals surface area contributed by atoms with Crippen LogP contribution in [0.4, 0.5) is 0 Å². The molecule has 2 heterocycles. The predicted octanol–water partition coefficient (Wildman–Crippen LogP) is 6.35. The van der Waals surface area contributed by atoms with Crippen molar-refractivity contribution in [3.8, 4) is 0 Å². The molecule has 1 aliphatic heterocycles. The van der Waals surface area contributed by atoms with Crippen LogP contribution in [-0.2, 0) is 27.9 Å². The topological polar surface area (TPSA) is 43.6 Å². The molecular weight excluding hydrogens is 554 g/mol. The van der Waals surface area contributed by atoms with Gasteiger partial charge in [0, 0.05) is 34.1 Å². The van der Waals surface area contributed by atoms with Crippen molar-refractivity contribution in [2.45, 2.75) is 58.4 Å². The van der Waals surface area contributed by atoms with Gasteiger partial charge in [-0.1, -0.05) is 110 Å². The molecule has 1 N–H and O–H groups in total. The van der Waals surface area contributed by atoms with Crippen molar-refractivity contribution in [2.75, 3.05) is 13.2 Å². The number of aliphatic hydroxyl groups is 1. The molecule has 0 spiro atoms. The fourth-order valence-electron chi connectivity index (χ4n) is 6.15. The molecule has 5 rings (SSSR count). The largest absolute Gasteiger partial charge is 0.407 e. The highest BCUT2D eigenvalue weighted by Crippen LogP contribution is 2.40. The van der Waals surface area contributed by atoms with Crippen LogP contribution in [0.25, 0.3) is 10.9 Å². The second-order valence-corrected chi connectivity index (χ2v) is 17.2. The van der Waals surface area contributed by atoms with E-state index in [0.29, 0.717) is 19.8 Å². The fourth-order valence-corrected chi connectivity index (χ4v) is 11.2. The molecule has 0 aliphatic carbocycles. The van der Waals surface area contributed by atoms with Gasteiger partial charge in [-0.2, -0.15) is 0 Å². The van der Waals surface area contributed by atoms with E-state index in [1.807, 2.05) is 13.0 Å². The summed E-state index contributed by atoms with van der Waals surface area (Å²) in [6.07, 6.45) is 0. The minimum atomic E-state index is -2.61. The van der Waals surface area contributed by atoms with Crippen LogP contribution in [0, 0.1) is 5.92 Å².